The Morgan fingerprint density at radius 1 is 1.50 bits per heavy atom. The first-order valence-electron chi connectivity index (χ1n) is 4.49. The number of anilines is 1. The van der Waals surface area contributed by atoms with Gasteiger partial charge in [0.1, 0.15) is 5.25 Å². The summed E-state index contributed by atoms with van der Waals surface area (Å²) in [4.78, 5) is 0. The van der Waals surface area contributed by atoms with E-state index in [1.165, 1.54) is 0 Å². The van der Waals surface area contributed by atoms with Gasteiger partial charge in [-0.25, -0.2) is 0 Å². The van der Waals surface area contributed by atoms with Gasteiger partial charge in [-0.05, 0) is 26.0 Å². The van der Waals surface area contributed by atoms with Crippen molar-refractivity contribution in [2.75, 3.05) is 5.73 Å². The molecule has 1 rings (SSSR count). The monoisotopic (exact) mass is 214 g/mol. The number of nitrogens with two attached hydrogens (primary N) is 1. The van der Waals surface area contributed by atoms with Gasteiger partial charge < -0.3 is 5.73 Å². The molecule has 1 unspecified atom stereocenters. The quantitative estimate of drug-likeness (QED) is 0.598. The van der Waals surface area contributed by atoms with E-state index in [4.69, 9.17) is 5.73 Å². The van der Waals surface area contributed by atoms with Crippen molar-refractivity contribution < 1.29 is 8.76 Å². The third kappa shape index (κ3) is 2.82. The molecule has 14 heavy (non-hydrogen) atoms. The molecule has 0 bridgehead atoms. The van der Waals surface area contributed by atoms with Crippen LogP contribution in [0.4, 0.5) is 5.69 Å². The minimum Gasteiger partial charge on any atom is -0.399 e. The van der Waals surface area contributed by atoms with Gasteiger partial charge in [-0.1, -0.05) is 16.3 Å². The van der Waals surface area contributed by atoms with Crippen LogP contribution >= 0.6 is 0 Å². The van der Waals surface area contributed by atoms with Crippen molar-refractivity contribution in [3.8, 4) is 0 Å². The lowest BCUT2D eigenvalue weighted by Gasteiger charge is -2.08. The van der Waals surface area contributed by atoms with E-state index in [0.717, 1.165) is 5.56 Å². The minimum atomic E-state index is -2.77. The molecular formula is C10H16NO2S+. The van der Waals surface area contributed by atoms with Gasteiger partial charge in [0.15, 0.2) is 5.75 Å². The molecule has 0 aromatic heterocycles. The molecule has 0 radical (unpaired) electrons. The Morgan fingerprint density at radius 3 is 2.64 bits per heavy atom. The molecule has 0 aliphatic carbocycles. The summed E-state index contributed by atoms with van der Waals surface area (Å²) >= 11 is 0. The number of benzene rings is 1. The fourth-order valence-corrected chi connectivity index (χ4v) is 2.08. The zero-order valence-electron chi connectivity index (χ0n) is 8.43. The highest BCUT2D eigenvalue weighted by Crippen LogP contribution is 2.17. The summed E-state index contributed by atoms with van der Waals surface area (Å²) in [5, 5.41) is -0.232. The fourth-order valence-electron chi connectivity index (χ4n) is 1.09. The van der Waals surface area contributed by atoms with Crippen LogP contribution in [0.5, 0.6) is 0 Å². The predicted octanol–water partition coefficient (Wildman–Crippen LogP) is 2.15. The molecule has 1 aromatic rings. The van der Waals surface area contributed by atoms with Crippen LogP contribution in [0.15, 0.2) is 24.3 Å². The van der Waals surface area contributed by atoms with Crippen molar-refractivity contribution in [2.24, 2.45) is 0 Å². The summed E-state index contributed by atoms with van der Waals surface area (Å²) in [6, 6.07) is 7.10. The lowest BCUT2D eigenvalue weighted by molar-refractivity contribution is 0.487. The molecule has 0 aliphatic heterocycles. The van der Waals surface area contributed by atoms with Crippen molar-refractivity contribution in [1.82, 2.24) is 0 Å². The molecular weight excluding hydrogens is 198 g/mol. The zero-order chi connectivity index (χ0) is 10.8. The van der Waals surface area contributed by atoms with Crippen molar-refractivity contribution in [3.63, 3.8) is 0 Å². The highest BCUT2D eigenvalue weighted by Gasteiger charge is 2.30. The number of hydrogen-bond donors (Lipinski definition) is 2. The van der Waals surface area contributed by atoms with E-state index in [1.54, 1.807) is 32.0 Å². The van der Waals surface area contributed by atoms with E-state index in [2.05, 4.69) is 0 Å². The van der Waals surface area contributed by atoms with Gasteiger partial charge in [0.25, 0.3) is 0 Å². The molecule has 3 N–H and O–H groups in total. The fraction of sp³-hybridized carbons (Fsp3) is 0.400. The van der Waals surface area contributed by atoms with Crippen LogP contribution in [-0.4, -0.2) is 9.80 Å². The van der Waals surface area contributed by atoms with Crippen molar-refractivity contribution >= 4 is 15.9 Å². The van der Waals surface area contributed by atoms with Crippen LogP contribution in [0, 0.1) is 0 Å². The Hall–Kier alpha value is -0.870. The number of nitrogen functional groups attached to an aromatic ring is 1. The molecule has 0 spiro atoms. The summed E-state index contributed by atoms with van der Waals surface area (Å²) in [5.74, 6) is 0.176. The smallest absolute Gasteiger partial charge is 0.221 e. The Bertz CT molecular complexity index is 363. The first kappa shape index (κ1) is 11.2. The summed E-state index contributed by atoms with van der Waals surface area (Å²) in [7, 11) is -2.77. The Labute approximate surface area is 85.6 Å². The van der Waals surface area contributed by atoms with E-state index in [0.29, 0.717) is 5.69 Å². The van der Waals surface area contributed by atoms with E-state index >= 15 is 0 Å². The number of hydrogen-bond acceptors (Lipinski definition) is 2. The standard InChI is InChI=1S/C10H15NO2S/c1-8(2)14(12,13)7-9-4-3-5-10(11)6-9/h3-6,8H,7,11H2,1-2H3/p+1. The molecule has 1 atom stereocenters. The van der Waals surface area contributed by atoms with E-state index in [-0.39, 0.29) is 11.0 Å². The van der Waals surface area contributed by atoms with Crippen LogP contribution in [0.2, 0.25) is 0 Å². The lowest BCUT2D eigenvalue weighted by atomic mass is 10.2. The topological polar surface area (TPSA) is 63.3 Å². The highest BCUT2D eigenvalue weighted by molar-refractivity contribution is 7.97. The van der Waals surface area contributed by atoms with Crippen molar-refractivity contribution in [3.05, 3.63) is 29.8 Å². The third-order valence-electron chi connectivity index (χ3n) is 2.06. The molecule has 0 amide bonds. The Kier molecular flexibility index (Phi) is 3.29. The molecule has 0 fully saturated rings. The van der Waals surface area contributed by atoms with Crippen LogP contribution in [0.3, 0.4) is 0 Å². The molecule has 1 aromatic carbocycles. The van der Waals surface area contributed by atoms with Gasteiger partial charge in [0.2, 0.25) is 10.2 Å². The van der Waals surface area contributed by atoms with Gasteiger partial charge in [-0.3, -0.25) is 0 Å². The van der Waals surface area contributed by atoms with E-state index in [1.807, 2.05) is 6.07 Å². The van der Waals surface area contributed by atoms with Gasteiger partial charge in [0.05, 0.1) is 0 Å². The summed E-state index contributed by atoms with van der Waals surface area (Å²) in [5.41, 5.74) is 7.02. The maximum atomic E-state index is 11.7. The molecule has 0 aliphatic rings. The first-order chi connectivity index (χ1) is 6.42. The van der Waals surface area contributed by atoms with E-state index < -0.39 is 10.2 Å². The first-order valence-corrected chi connectivity index (χ1v) is 6.24. The normalized spacial score (nSPS) is 15.4. The second-order valence-electron chi connectivity index (χ2n) is 3.63. The Balaban J connectivity index is 2.84. The zero-order valence-corrected chi connectivity index (χ0v) is 9.25. The van der Waals surface area contributed by atoms with Crippen LogP contribution in [0.25, 0.3) is 0 Å². The average Bonchev–Trinajstić information content (AvgIpc) is 2.02. The van der Waals surface area contributed by atoms with Crippen LogP contribution < -0.4 is 5.73 Å². The predicted molar refractivity (Wildman–Crippen MR) is 60.4 cm³/mol. The lowest BCUT2D eigenvalue weighted by Crippen LogP contribution is -2.23. The molecule has 0 heterocycles. The molecule has 0 saturated heterocycles. The van der Waals surface area contributed by atoms with E-state index in [9.17, 15) is 8.76 Å². The molecule has 3 nitrogen and oxygen atoms in total. The maximum Gasteiger partial charge on any atom is 0.221 e. The summed E-state index contributed by atoms with van der Waals surface area (Å²) in [6.07, 6.45) is 0. The minimum absolute atomic E-state index is 0.176. The third-order valence-corrected chi connectivity index (χ3v) is 4.28. The highest BCUT2D eigenvalue weighted by atomic mass is 32.3. The largest absolute Gasteiger partial charge is 0.399 e. The SMILES string of the molecule is CC(C)[S+](=O)(O)Cc1cccc(N)c1. The van der Waals surface area contributed by atoms with Crippen molar-refractivity contribution in [2.45, 2.75) is 24.9 Å². The average molecular weight is 214 g/mol. The summed E-state index contributed by atoms with van der Waals surface area (Å²) < 4.78 is 21.3. The van der Waals surface area contributed by atoms with Crippen LogP contribution in [0.1, 0.15) is 19.4 Å². The van der Waals surface area contributed by atoms with Gasteiger partial charge >= 0.3 is 0 Å². The van der Waals surface area contributed by atoms with Gasteiger partial charge in [-0.15, -0.1) is 0 Å². The second-order valence-corrected chi connectivity index (χ2v) is 6.24. The molecule has 78 valence electrons. The van der Waals surface area contributed by atoms with Crippen molar-refractivity contribution in [1.29, 1.82) is 0 Å². The van der Waals surface area contributed by atoms with Gasteiger partial charge in [-0.2, -0.15) is 4.55 Å². The van der Waals surface area contributed by atoms with Gasteiger partial charge in [0, 0.05) is 11.3 Å². The molecule has 0 saturated carbocycles. The number of rotatable bonds is 3. The second kappa shape index (κ2) is 4.11. The Morgan fingerprint density at radius 2 is 2.14 bits per heavy atom. The molecule has 4 heteroatoms. The van der Waals surface area contributed by atoms with Crippen LogP contribution in [-0.2, 0) is 20.2 Å². The summed E-state index contributed by atoms with van der Waals surface area (Å²) in [6.45, 7) is 3.49. The maximum absolute atomic E-state index is 11.7.